The van der Waals surface area contributed by atoms with Crippen LogP contribution in [0, 0.1) is 10.1 Å². The molecule has 142 valence electrons. The highest BCUT2D eigenvalue weighted by molar-refractivity contribution is 9.10. The SMILES string of the molecule is O=C(NN=Cc1ccc([N+](=O)[O-])cc1)c1nn(Cc2ccc(Cl)cc2)cc1Br. The van der Waals surface area contributed by atoms with Crippen molar-refractivity contribution in [3.05, 3.63) is 91.2 Å². The number of hydrogen-bond donors (Lipinski definition) is 1. The molecule has 0 aliphatic carbocycles. The van der Waals surface area contributed by atoms with Gasteiger partial charge < -0.3 is 0 Å². The summed E-state index contributed by atoms with van der Waals surface area (Å²) in [6.07, 6.45) is 3.09. The molecule has 0 bridgehead atoms. The molecule has 1 N–H and O–H groups in total. The van der Waals surface area contributed by atoms with Gasteiger partial charge in [-0.1, -0.05) is 23.7 Å². The van der Waals surface area contributed by atoms with Crippen LogP contribution in [0.1, 0.15) is 21.6 Å². The predicted octanol–water partition coefficient (Wildman–Crippen LogP) is 4.02. The summed E-state index contributed by atoms with van der Waals surface area (Å²) in [5, 5.41) is 19.4. The van der Waals surface area contributed by atoms with Crippen LogP contribution < -0.4 is 5.43 Å². The number of nitro groups is 1. The molecule has 0 spiro atoms. The molecule has 0 radical (unpaired) electrons. The Hall–Kier alpha value is -3.04. The maximum Gasteiger partial charge on any atom is 0.293 e. The molecule has 0 aliphatic rings. The lowest BCUT2D eigenvalue weighted by Gasteiger charge is -2.01. The van der Waals surface area contributed by atoms with E-state index in [-0.39, 0.29) is 11.4 Å². The molecule has 1 amide bonds. The molecule has 0 aliphatic heterocycles. The maximum atomic E-state index is 12.3. The minimum Gasteiger partial charge on any atom is -0.266 e. The number of amides is 1. The van der Waals surface area contributed by atoms with Crippen LogP contribution in [0.3, 0.4) is 0 Å². The second-order valence-corrected chi connectivity index (χ2v) is 6.99. The van der Waals surface area contributed by atoms with E-state index in [0.29, 0.717) is 21.6 Å². The average Bonchev–Trinajstić information content (AvgIpc) is 3.04. The third-order valence-corrected chi connectivity index (χ3v) is 4.51. The number of rotatable bonds is 6. The molecule has 0 saturated heterocycles. The van der Waals surface area contributed by atoms with E-state index in [1.54, 1.807) is 23.0 Å². The van der Waals surface area contributed by atoms with E-state index in [0.717, 1.165) is 5.56 Å². The highest BCUT2D eigenvalue weighted by atomic mass is 79.9. The summed E-state index contributed by atoms with van der Waals surface area (Å²) in [5.41, 5.74) is 4.15. The number of nitrogens with zero attached hydrogens (tertiary/aromatic N) is 4. The first-order valence-electron chi connectivity index (χ1n) is 7.97. The van der Waals surface area contributed by atoms with Gasteiger partial charge in [0.25, 0.3) is 11.6 Å². The van der Waals surface area contributed by atoms with Gasteiger partial charge in [0.2, 0.25) is 0 Å². The van der Waals surface area contributed by atoms with Crippen LogP contribution in [0.5, 0.6) is 0 Å². The monoisotopic (exact) mass is 461 g/mol. The minimum absolute atomic E-state index is 0.0173. The topological polar surface area (TPSA) is 102 Å². The first kappa shape index (κ1) is 19.7. The van der Waals surface area contributed by atoms with Crippen LogP contribution in [-0.4, -0.2) is 26.8 Å². The van der Waals surface area contributed by atoms with Crippen molar-refractivity contribution in [1.82, 2.24) is 15.2 Å². The lowest BCUT2D eigenvalue weighted by Crippen LogP contribution is -2.19. The molecule has 8 nitrogen and oxygen atoms in total. The molecule has 3 aromatic rings. The van der Waals surface area contributed by atoms with Gasteiger partial charge in [0, 0.05) is 23.4 Å². The van der Waals surface area contributed by atoms with Gasteiger partial charge in [-0.25, -0.2) is 5.43 Å². The van der Waals surface area contributed by atoms with Gasteiger partial charge >= 0.3 is 0 Å². The molecular formula is C18H13BrClN5O3. The number of hydrogen-bond acceptors (Lipinski definition) is 5. The van der Waals surface area contributed by atoms with Gasteiger partial charge in [0.15, 0.2) is 5.69 Å². The summed E-state index contributed by atoms with van der Waals surface area (Å²) in [5.74, 6) is -0.486. The van der Waals surface area contributed by atoms with E-state index in [1.165, 1.54) is 30.5 Å². The van der Waals surface area contributed by atoms with Crippen molar-refractivity contribution in [1.29, 1.82) is 0 Å². The molecule has 10 heteroatoms. The lowest BCUT2D eigenvalue weighted by molar-refractivity contribution is -0.384. The summed E-state index contributed by atoms with van der Waals surface area (Å²) >= 11 is 9.19. The molecule has 0 saturated carbocycles. The number of carbonyl (C=O) groups excluding carboxylic acids is 1. The fraction of sp³-hybridized carbons (Fsp3) is 0.0556. The molecular weight excluding hydrogens is 450 g/mol. The Labute approximate surface area is 173 Å². The zero-order chi connectivity index (χ0) is 20.1. The molecule has 2 aromatic carbocycles. The Bertz CT molecular complexity index is 1030. The van der Waals surface area contributed by atoms with Crippen molar-refractivity contribution in [2.45, 2.75) is 6.54 Å². The Morgan fingerprint density at radius 3 is 2.57 bits per heavy atom. The zero-order valence-electron chi connectivity index (χ0n) is 14.3. The standard InChI is InChI=1S/C18H13BrClN5O3/c19-16-11-24(10-13-1-5-14(20)6-2-13)23-17(16)18(26)22-21-9-12-3-7-15(8-4-12)25(27)28/h1-9,11H,10H2,(H,22,26). The molecule has 1 heterocycles. The summed E-state index contributed by atoms with van der Waals surface area (Å²) in [6, 6.07) is 13.1. The fourth-order valence-electron chi connectivity index (χ4n) is 2.31. The van der Waals surface area contributed by atoms with Gasteiger partial charge in [-0.2, -0.15) is 10.2 Å². The first-order valence-corrected chi connectivity index (χ1v) is 9.15. The summed E-state index contributed by atoms with van der Waals surface area (Å²) < 4.78 is 2.16. The van der Waals surface area contributed by atoms with Crippen molar-refractivity contribution in [3.8, 4) is 0 Å². The van der Waals surface area contributed by atoms with Crippen molar-refractivity contribution >= 4 is 45.3 Å². The molecule has 3 rings (SSSR count). The van der Waals surface area contributed by atoms with Gasteiger partial charge in [-0.3, -0.25) is 19.6 Å². The molecule has 28 heavy (non-hydrogen) atoms. The molecule has 0 fully saturated rings. The van der Waals surface area contributed by atoms with Crippen molar-refractivity contribution in [2.75, 3.05) is 0 Å². The molecule has 0 atom stereocenters. The number of aromatic nitrogens is 2. The highest BCUT2D eigenvalue weighted by Crippen LogP contribution is 2.17. The average molecular weight is 463 g/mol. The third kappa shape index (κ3) is 5.02. The number of nitrogens with one attached hydrogen (secondary N) is 1. The van der Waals surface area contributed by atoms with Crippen LogP contribution in [0.15, 0.2) is 64.3 Å². The van der Waals surface area contributed by atoms with E-state index >= 15 is 0 Å². The largest absolute Gasteiger partial charge is 0.293 e. The Kier molecular flexibility index (Phi) is 6.17. The Morgan fingerprint density at radius 2 is 1.93 bits per heavy atom. The van der Waals surface area contributed by atoms with Crippen LogP contribution >= 0.6 is 27.5 Å². The van der Waals surface area contributed by atoms with Gasteiger partial charge in [-0.05, 0) is 51.3 Å². The van der Waals surface area contributed by atoms with Crippen molar-refractivity contribution < 1.29 is 9.72 Å². The zero-order valence-corrected chi connectivity index (χ0v) is 16.6. The molecule has 1 aromatic heterocycles. The van der Waals surface area contributed by atoms with Crippen LogP contribution in [0.25, 0.3) is 0 Å². The van der Waals surface area contributed by atoms with E-state index in [1.807, 2.05) is 12.1 Å². The van der Waals surface area contributed by atoms with Crippen LogP contribution in [0.2, 0.25) is 5.02 Å². The van der Waals surface area contributed by atoms with Crippen molar-refractivity contribution in [3.63, 3.8) is 0 Å². The number of halogens is 2. The van der Waals surface area contributed by atoms with E-state index < -0.39 is 10.8 Å². The number of carbonyl (C=O) groups is 1. The van der Waals surface area contributed by atoms with E-state index in [9.17, 15) is 14.9 Å². The summed E-state index contributed by atoms with van der Waals surface area (Å²) in [6.45, 7) is 0.481. The third-order valence-electron chi connectivity index (χ3n) is 3.67. The fourth-order valence-corrected chi connectivity index (χ4v) is 2.93. The Morgan fingerprint density at radius 1 is 1.25 bits per heavy atom. The van der Waals surface area contributed by atoms with Crippen LogP contribution in [0.4, 0.5) is 5.69 Å². The summed E-state index contributed by atoms with van der Waals surface area (Å²) in [7, 11) is 0. The highest BCUT2D eigenvalue weighted by Gasteiger charge is 2.15. The second kappa shape index (κ2) is 8.77. The first-order chi connectivity index (χ1) is 13.4. The maximum absolute atomic E-state index is 12.3. The Balaban J connectivity index is 1.63. The smallest absolute Gasteiger partial charge is 0.266 e. The predicted molar refractivity (Wildman–Crippen MR) is 109 cm³/mol. The number of nitro benzene ring substituents is 1. The van der Waals surface area contributed by atoms with Gasteiger partial charge in [-0.15, -0.1) is 0 Å². The summed E-state index contributed by atoms with van der Waals surface area (Å²) in [4.78, 5) is 22.4. The van der Waals surface area contributed by atoms with Gasteiger partial charge in [0.05, 0.1) is 22.2 Å². The second-order valence-electron chi connectivity index (χ2n) is 5.70. The van der Waals surface area contributed by atoms with Gasteiger partial charge in [0.1, 0.15) is 0 Å². The lowest BCUT2D eigenvalue weighted by atomic mass is 10.2. The van der Waals surface area contributed by atoms with E-state index in [2.05, 4.69) is 31.6 Å². The quantitative estimate of drug-likeness (QED) is 0.339. The normalized spacial score (nSPS) is 10.9. The van der Waals surface area contributed by atoms with Crippen LogP contribution in [-0.2, 0) is 6.54 Å². The number of benzene rings is 2. The number of non-ortho nitro benzene ring substituents is 1. The van der Waals surface area contributed by atoms with Crippen molar-refractivity contribution in [2.24, 2.45) is 5.10 Å². The number of hydrazone groups is 1. The van der Waals surface area contributed by atoms with E-state index in [4.69, 9.17) is 11.6 Å². The molecule has 0 unspecified atom stereocenters. The minimum atomic E-state index is -0.486.